The number of hydrogen-bond acceptors (Lipinski definition) is 3. The van der Waals surface area contributed by atoms with Crippen LogP contribution in [-0.2, 0) is 0 Å². The van der Waals surface area contributed by atoms with E-state index in [1.54, 1.807) is 5.38 Å². The molecule has 0 fully saturated rings. The summed E-state index contributed by atoms with van der Waals surface area (Å²) in [5.41, 5.74) is 8.27. The molecule has 1 heterocycles. The molecule has 0 spiro atoms. The van der Waals surface area contributed by atoms with Gasteiger partial charge in [-0.05, 0) is 23.8 Å². The fraction of sp³-hybridized carbons (Fsp3) is 0.0625. The van der Waals surface area contributed by atoms with Crippen molar-refractivity contribution in [1.82, 2.24) is 4.98 Å². The van der Waals surface area contributed by atoms with Crippen LogP contribution in [0.2, 0.25) is 0 Å². The predicted octanol–water partition coefficient (Wildman–Crippen LogP) is 4.14. The second-order valence-corrected chi connectivity index (χ2v) is 5.48. The zero-order chi connectivity index (χ0) is 14.8. The molecule has 3 rings (SSSR count). The molecule has 0 bridgehead atoms. The molecule has 2 aromatic carbocycles. The summed E-state index contributed by atoms with van der Waals surface area (Å²) in [5, 5.41) is 2.53. The largest absolute Gasteiger partial charge is 0.318 e. The number of rotatable bonds is 3. The van der Waals surface area contributed by atoms with E-state index < -0.39 is 11.6 Å². The van der Waals surface area contributed by atoms with Crippen LogP contribution in [0.25, 0.3) is 11.3 Å². The van der Waals surface area contributed by atoms with E-state index in [9.17, 15) is 8.78 Å². The van der Waals surface area contributed by atoms with Gasteiger partial charge in [0.2, 0.25) is 0 Å². The number of nitrogens with two attached hydrogens (primary N) is 1. The van der Waals surface area contributed by atoms with Crippen LogP contribution in [0.15, 0.2) is 53.9 Å². The molecule has 0 radical (unpaired) electrons. The number of hydrogen-bond donors (Lipinski definition) is 1. The Morgan fingerprint density at radius 3 is 2.48 bits per heavy atom. The van der Waals surface area contributed by atoms with Crippen LogP contribution in [0, 0.1) is 11.6 Å². The van der Waals surface area contributed by atoms with Crippen molar-refractivity contribution in [2.45, 2.75) is 6.04 Å². The van der Waals surface area contributed by atoms with E-state index in [4.69, 9.17) is 5.73 Å². The zero-order valence-electron chi connectivity index (χ0n) is 11.0. The normalized spacial score (nSPS) is 12.3. The molecule has 0 amide bonds. The number of aromatic nitrogens is 1. The standard InChI is InChI=1S/C16H12F2N2S/c17-12-7-6-11(8-13(12)18)14-9-21-16(20-14)15(19)10-4-2-1-3-5-10/h1-9,15H,19H2. The molecule has 1 unspecified atom stereocenters. The van der Waals surface area contributed by atoms with Gasteiger partial charge in [0.25, 0.3) is 0 Å². The van der Waals surface area contributed by atoms with Crippen LogP contribution in [0.5, 0.6) is 0 Å². The van der Waals surface area contributed by atoms with Gasteiger partial charge in [-0.25, -0.2) is 13.8 Å². The fourth-order valence-electron chi connectivity index (χ4n) is 2.02. The Kier molecular flexibility index (Phi) is 3.77. The van der Waals surface area contributed by atoms with Crippen molar-refractivity contribution in [2.75, 3.05) is 0 Å². The molecule has 0 aliphatic rings. The lowest BCUT2D eigenvalue weighted by Crippen LogP contribution is -2.11. The van der Waals surface area contributed by atoms with E-state index in [0.29, 0.717) is 11.3 Å². The third-order valence-corrected chi connectivity index (χ3v) is 4.09. The first-order valence-corrected chi connectivity index (χ1v) is 7.24. The molecule has 2 N–H and O–H groups in total. The lowest BCUT2D eigenvalue weighted by Gasteiger charge is -2.08. The fourth-order valence-corrected chi connectivity index (χ4v) is 2.88. The summed E-state index contributed by atoms with van der Waals surface area (Å²) < 4.78 is 26.2. The van der Waals surface area contributed by atoms with Crippen molar-refractivity contribution >= 4 is 11.3 Å². The SMILES string of the molecule is NC(c1ccccc1)c1nc(-c2ccc(F)c(F)c2)cs1. The number of thiazole rings is 1. The smallest absolute Gasteiger partial charge is 0.159 e. The monoisotopic (exact) mass is 302 g/mol. The first-order valence-electron chi connectivity index (χ1n) is 6.36. The van der Waals surface area contributed by atoms with Gasteiger partial charge in [-0.3, -0.25) is 0 Å². The third kappa shape index (κ3) is 2.84. The van der Waals surface area contributed by atoms with Crippen LogP contribution in [0.4, 0.5) is 8.78 Å². The maximum atomic E-state index is 13.3. The summed E-state index contributed by atoms with van der Waals surface area (Å²) in [5.74, 6) is -1.75. The zero-order valence-corrected chi connectivity index (χ0v) is 11.8. The van der Waals surface area contributed by atoms with E-state index in [0.717, 1.165) is 22.7 Å². The van der Waals surface area contributed by atoms with Crippen molar-refractivity contribution in [3.05, 3.63) is 76.1 Å². The average molecular weight is 302 g/mol. The molecule has 0 aliphatic heterocycles. The van der Waals surface area contributed by atoms with Crippen molar-refractivity contribution in [3.8, 4) is 11.3 Å². The molecule has 5 heteroatoms. The van der Waals surface area contributed by atoms with Gasteiger partial charge < -0.3 is 5.73 Å². The molecule has 2 nitrogen and oxygen atoms in total. The minimum Gasteiger partial charge on any atom is -0.318 e. The first kappa shape index (κ1) is 13.9. The van der Waals surface area contributed by atoms with Gasteiger partial charge in [0, 0.05) is 10.9 Å². The Morgan fingerprint density at radius 1 is 1.00 bits per heavy atom. The van der Waals surface area contributed by atoms with Crippen LogP contribution >= 0.6 is 11.3 Å². The highest BCUT2D eigenvalue weighted by Gasteiger charge is 2.14. The highest BCUT2D eigenvalue weighted by atomic mass is 32.1. The van der Waals surface area contributed by atoms with Gasteiger partial charge in [-0.1, -0.05) is 30.3 Å². The number of halogens is 2. The maximum Gasteiger partial charge on any atom is 0.159 e. The molecule has 21 heavy (non-hydrogen) atoms. The van der Waals surface area contributed by atoms with Crippen LogP contribution in [0.3, 0.4) is 0 Å². The van der Waals surface area contributed by atoms with Gasteiger partial charge in [0.15, 0.2) is 11.6 Å². The molecule has 0 saturated heterocycles. The summed E-state index contributed by atoms with van der Waals surface area (Å²) in [4.78, 5) is 4.43. The molecule has 1 aromatic heterocycles. The van der Waals surface area contributed by atoms with Gasteiger partial charge in [0.05, 0.1) is 11.7 Å². The minimum absolute atomic E-state index is 0.324. The number of nitrogens with zero attached hydrogens (tertiary/aromatic N) is 1. The van der Waals surface area contributed by atoms with Crippen molar-refractivity contribution < 1.29 is 8.78 Å². The Morgan fingerprint density at radius 2 is 1.76 bits per heavy atom. The summed E-state index contributed by atoms with van der Waals surface area (Å²) in [6.07, 6.45) is 0. The van der Waals surface area contributed by atoms with Crippen LogP contribution in [0.1, 0.15) is 16.6 Å². The lowest BCUT2D eigenvalue weighted by molar-refractivity contribution is 0.509. The quantitative estimate of drug-likeness (QED) is 0.790. The van der Waals surface area contributed by atoms with Crippen molar-refractivity contribution in [1.29, 1.82) is 0 Å². The third-order valence-electron chi connectivity index (χ3n) is 3.16. The van der Waals surface area contributed by atoms with E-state index in [2.05, 4.69) is 4.98 Å². The molecule has 1 atom stereocenters. The Hall–Kier alpha value is -2.11. The highest BCUT2D eigenvalue weighted by molar-refractivity contribution is 7.10. The van der Waals surface area contributed by atoms with Gasteiger partial charge in [-0.2, -0.15) is 0 Å². The van der Waals surface area contributed by atoms with E-state index in [1.807, 2.05) is 30.3 Å². The highest BCUT2D eigenvalue weighted by Crippen LogP contribution is 2.28. The van der Waals surface area contributed by atoms with E-state index >= 15 is 0 Å². The molecule has 106 valence electrons. The topological polar surface area (TPSA) is 38.9 Å². The Balaban J connectivity index is 1.91. The van der Waals surface area contributed by atoms with Crippen molar-refractivity contribution in [2.24, 2.45) is 5.73 Å². The molecular weight excluding hydrogens is 290 g/mol. The van der Waals surface area contributed by atoms with E-state index in [1.165, 1.54) is 17.4 Å². The minimum atomic E-state index is -0.880. The average Bonchev–Trinajstić information content (AvgIpc) is 3.00. The van der Waals surface area contributed by atoms with Crippen LogP contribution in [-0.4, -0.2) is 4.98 Å². The first-order chi connectivity index (χ1) is 10.1. The van der Waals surface area contributed by atoms with Gasteiger partial charge in [0.1, 0.15) is 5.01 Å². The number of benzene rings is 2. The second kappa shape index (κ2) is 5.71. The molecule has 3 aromatic rings. The van der Waals surface area contributed by atoms with E-state index in [-0.39, 0.29) is 6.04 Å². The summed E-state index contributed by atoms with van der Waals surface area (Å²) in [7, 11) is 0. The molecule has 0 aliphatic carbocycles. The predicted molar refractivity (Wildman–Crippen MR) is 79.9 cm³/mol. The van der Waals surface area contributed by atoms with Crippen LogP contribution < -0.4 is 5.73 Å². The lowest BCUT2D eigenvalue weighted by atomic mass is 10.1. The Labute approximate surface area is 124 Å². The summed E-state index contributed by atoms with van der Waals surface area (Å²) in [6.45, 7) is 0. The molecule has 0 saturated carbocycles. The maximum absolute atomic E-state index is 13.3. The van der Waals surface area contributed by atoms with Gasteiger partial charge >= 0.3 is 0 Å². The second-order valence-electron chi connectivity index (χ2n) is 4.59. The summed E-state index contributed by atoms with van der Waals surface area (Å²) >= 11 is 1.41. The van der Waals surface area contributed by atoms with Crippen molar-refractivity contribution in [3.63, 3.8) is 0 Å². The van der Waals surface area contributed by atoms with Gasteiger partial charge in [-0.15, -0.1) is 11.3 Å². The summed E-state index contributed by atoms with van der Waals surface area (Å²) in [6, 6.07) is 13.0. The molecular formula is C16H12F2N2S. The Bertz CT molecular complexity index is 756.